The average molecular weight is 343 g/mol. The zero-order valence-corrected chi connectivity index (χ0v) is 15.7. The molecule has 1 aromatic rings. The maximum atomic E-state index is 11.5. The Labute approximate surface area is 139 Å². The smallest absolute Gasteiger partial charge is 0.211 e. The fourth-order valence-corrected chi connectivity index (χ4v) is 4.18. The van der Waals surface area contributed by atoms with Gasteiger partial charge in [0.15, 0.2) is 0 Å². The second-order valence-electron chi connectivity index (χ2n) is 6.64. The Hall–Kier alpha value is -1.12. The number of sulfonamides is 1. The number of aromatic nitrogens is 2. The van der Waals surface area contributed by atoms with Crippen LogP contribution >= 0.6 is 0 Å². The van der Waals surface area contributed by atoms with E-state index < -0.39 is 10.0 Å². The third kappa shape index (κ3) is 4.45. The van der Waals surface area contributed by atoms with Crippen LogP contribution in [0.25, 0.3) is 0 Å². The summed E-state index contributed by atoms with van der Waals surface area (Å²) < 4.78 is 26.6. The lowest BCUT2D eigenvalue weighted by Crippen LogP contribution is -2.40. The van der Waals surface area contributed by atoms with Crippen LogP contribution in [0.2, 0.25) is 0 Å². The van der Waals surface area contributed by atoms with Gasteiger partial charge in [0.25, 0.3) is 0 Å². The molecule has 1 aromatic heterocycles. The van der Waals surface area contributed by atoms with Gasteiger partial charge < -0.3 is 10.2 Å². The Balaban J connectivity index is 1.85. The van der Waals surface area contributed by atoms with E-state index in [0.29, 0.717) is 19.0 Å². The van der Waals surface area contributed by atoms with Gasteiger partial charge in [-0.3, -0.25) is 4.68 Å². The molecule has 2 heterocycles. The Bertz CT molecular complexity index is 631. The molecule has 0 radical (unpaired) electrons. The van der Waals surface area contributed by atoms with Gasteiger partial charge in [0.05, 0.1) is 11.9 Å². The predicted molar refractivity (Wildman–Crippen MR) is 93.1 cm³/mol. The summed E-state index contributed by atoms with van der Waals surface area (Å²) in [6, 6.07) is 0. The summed E-state index contributed by atoms with van der Waals surface area (Å²) in [6.07, 6.45) is 3.14. The van der Waals surface area contributed by atoms with Gasteiger partial charge in [-0.1, -0.05) is 0 Å². The first-order chi connectivity index (χ1) is 10.7. The molecular weight excluding hydrogens is 314 g/mol. The van der Waals surface area contributed by atoms with Gasteiger partial charge in [-0.2, -0.15) is 5.10 Å². The van der Waals surface area contributed by atoms with Crippen molar-refractivity contribution in [2.75, 3.05) is 44.9 Å². The number of rotatable bonds is 6. The maximum absolute atomic E-state index is 11.5. The van der Waals surface area contributed by atoms with Crippen LogP contribution in [-0.2, 0) is 23.6 Å². The molecule has 1 aliphatic rings. The quantitative estimate of drug-likeness (QED) is 0.817. The lowest BCUT2D eigenvalue weighted by molar-refractivity contribution is 0.268. The average Bonchev–Trinajstić information content (AvgIpc) is 2.73. The van der Waals surface area contributed by atoms with Crippen molar-refractivity contribution in [1.82, 2.24) is 19.4 Å². The van der Waals surface area contributed by atoms with Crippen LogP contribution in [0.15, 0.2) is 0 Å². The van der Waals surface area contributed by atoms with Gasteiger partial charge in [-0.05, 0) is 32.2 Å². The Morgan fingerprint density at radius 3 is 2.43 bits per heavy atom. The lowest BCUT2D eigenvalue weighted by atomic mass is 9.98. The van der Waals surface area contributed by atoms with Crippen molar-refractivity contribution in [2.45, 2.75) is 26.3 Å². The van der Waals surface area contributed by atoms with Gasteiger partial charge in [-0.15, -0.1) is 0 Å². The van der Waals surface area contributed by atoms with E-state index in [2.05, 4.69) is 15.3 Å². The van der Waals surface area contributed by atoms with E-state index in [1.807, 2.05) is 32.7 Å². The highest BCUT2D eigenvalue weighted by Crippen LogP contribution is 2.22. The van der Waals surface area contributed by atoms with Crippen molar-refractivity contribution >= 4 is 15.8 Å². The highest BCUT2D eigenvalue weighted by atomic mass is 32.2. The summed E-state index contributed by atoms with van der Waals surface area (Å²) in [7, 11) is 2.99. The minimum Gasteiger partial charge on any atom is -0.363 e. The van der Waals surface area contributed by atoms with Crippen molar-refractivity contribution in [3.05, 3.63) is 11.3 Å². The van der Waals surface area contributed by atoms with Crippen molar-refractivity contribution in [3.63, 3.8) is 0 Å². The third-order valence-electron chi connectivity index (χ3n) is 4.51. The molecule has 0 bridgehead atoms. The molecule has 1 fully saturated rings. The minimum absolute atomic E-state index is 0.535. The second-order valence-corrected chi connectivity index (χ2v) is 8.62. The molecule has 23 heavy (non-hydrogen) atoms. The van der Waals surface area contributed by atoms with Gasteiger partial charge in [0, 0.05) is 46.3 Å². The van der Waals surface area contributed by atoms with Crippen LogP contribution < -0.4 is 10.2 Å². The van der Waals surface area contributed by atoms with Crippen molar-refractivity contribution in [2.24, 2.45) is 13.0 Å². The van der Waals surface area contributed by atoms with Gasteiger partial charge >= 0.3 is 0 Å². The molecule has 1 N–H and O–H groups in total. The predicted octanol–water partition coefficient (Wildman–Crippen LogP) is 0.556. The van der Waals surface area contributed by atoms with Crippen molar-refractivity contribution in [3.8, 4) is 0 Å². The lowest BCUT2D eigenvalue weighted by Gasteiger charge is -2.30. The van der Waals surface area contributed by atoms with Crippen LogP contribution in [0.4, 0.5) is 5.82 Å². The highest BCUT2D eigenvalue weighted by Gasteiger charge is 2.24. The van der Waals surface area contributed by atoms with Crippen LogP contribution in [0.1, 0.15) is 24.1 Å². The molecule has 1 saturated heterocycles. The fraction of sp³-hybridized carbons (Fsp3) is 0.800. The molecule has 0 spiro atoms. The van der Waals surface area contributed by atoms with E-state index >= 15 is 0 Å². The zero-order valence-electron chi connectivity index (χ0n) is 14.8. The topological polar surface area (TPSA) is 70.5 Å². The first-order valence-electron chi connectivity index (χ1n) is 8.05. The number of piperidine rings is 1. The fourth-order valence-electron chi connectivity index (χ4n) is 3.30. The molecule has 0 aromatic carbocycles. The molecule has 0 atom stereocenters. The summed E-state index contributed by atoms with van der Waals surface area (Å²) in [5.74, 6) is 1.66. The second kappa shape index (κ2) is 7.19. The normalized spacial score (nSPS) is 17.6. The van der Waals surface area contributed by atoms with Gasteiger partial charge in [0.1, 0.15) is 5.82 Å². The maximum Gasteiger partial charge on any atom is 0.211 e. The molecule has 8 heteroatoms. The van der Waals surface area contributed by atoms with E-state index in [-0.39, 0.29) is 0 Å². The van der Waals surface area contributed by atoms with E-state index in [1.165, 1.54) is 11.8 Å². The monoisotopic (exact) mass is 343 g/mol. The van der Waals surface area contributed by atoms with Crippen LogP contribution in [0.5, 0.6) is 0 Å². The molecular formula is C15H29N5O2S. The largest absolute Gasteiger partial charge is 0.363 e. The summed E-state index contributed by atoms with van der Waals surface area (Å²) in [4.78, 5) is 2.08. The van der Waals surface area contributed by atoms with E-state index in [4.69, 9.17) is 0 Å². The number of anilines is 1. The first kappa shape index (κ1) is 18.2. The van der Waals surface area contributed by atoms with Crippen LogP contribution in [0.3, 0.4) is 0 Å². The molecule has 1 aliphatic heterocycles. The minimum atomic E-state index is -3.03. The first-order valence-corrected chi connectivity index (χ1v) is 9.90. The van der Waals surface area contributed by atoms with E-state index in [9.17, 15) is 8.42 Å². The van der Waals surface area contributed by atoms with E-state index in [0.717, 1.165) is 37.4 Å². The highest BCUT2D eigenvalue weighted by molar-refractivity contribution is 7.88. The SMILES string of the molecule is Cc1nn(C)c(N(C)C)c1CNCC1CCN(S(C)(=O)=O)CC1. The number of nitrogens with one attached hydrogen (secondary N) is 1. The Kier molecular flexibility index (Phi) is 5.70. The molecule has 2 rings (SSSR count). The number of hydrogen-bond acceptors (Lipinski definition) is 5. The summed E-state index contributed by atoms with van der Waals surface area (Å²) in [5.41, 5.74) is 2.28. The van der Waals surface area contributed by atoms with Crippen molar-refractivity contribution < 1.29 is 8.42 Å². The standard InChI is InChI=1S/C15H29N5O2S/c1-12-14(15(18(2)3)19(4)17-12)11-16-10-13-6-8-20(9-7-13)23(5,21)22/h13,16H,6-11H2,1-5H3. The summed E-state index contributed by atoms with van der Waals surface area (Å²) in [6.45, 7) is 5.02. The number of nitrogens with zero attached hydrogens (tertiary/aromatic N) is 4. The van der Waals surface area contributed by atoms with Crippen molar-refractivity contribution in [1.29, 1.82) is 0 Å². The molecule has 132 valence electrons. The third-order valence-corrected chi connectivity index (χ3v) is 5.82. The number of aryl methyl sites for hydroxylation is 2. The Morgan fingerprint density at radius 2 is 1.91 bits per heavy atom. The van der Waals surface area contributed by atoms with Gasteiger partial charge in [-0.25, -0.2) is 12.7 Å². The summed E-state index contributed by atoms with van der Waals surface area (Å²) >= 11 is 0. The molecule has 0 unspecified atom stereocenters. The van der Waals surface area contributed by atoms with Gasteiger partial charge in [0.2, 0.25) is 10.0 Å². The molecule has 0 aliphatic carbocycles. The molecule has 0 amide bonds. The molecule has 0 saturated carbocycles. The van der Waals surface area contributed by atoms with Crippen LogP contribution in [0, 0.1) is 12.8 Å². The Morgan fingerprint density at radius 1 is 1.30 bits per heavy atom. The number of hydrogen-bond donors (Lipinski definition) is 1. The summed E-state index contributed by atoms with van der Waals surface area (Å²) in [5, 5.41) is 8.02. The molecule has 7 nitrogen and oxygen atoms in total. The zero-order chi connectivity index (χ0) is 17.2. The van der Waals surface area contributed by atoms with Crippen LogP contribution in [-0.4, -0.2) is 62.5 Å². The van der Waals surface area contributed by atoms with E-state index in [1.54, 1.807) is 4.31 Å².